The van der Waals surface area contributed by atoms with Crippen LogP contribution in [0.5, 0.6) is 0 Å². The fourth-order valence-electron chi connectivity index (χ4n) is 4.98. The second-order valence-electron chi connectivity index (χ2n) is 8.52. The number of likely N-dealkylation sites (tertiary alicyclic amines) is 1. The molecule has 3 rings (SSSR count). The minimum Gasteiger partial charge on any atom is -0.298 e. The third kappa shape index (κ3) is 5.25. The van der Waals surface area contributed by atoms with Crippen LogP contribution in [0.15, 0.2) is 42.5 Å². The van der Waals surface area contributed by atoms with Crippen LogP contribution in [-0.4, -0.2) is 37.1 Å². The molecule has 0 N–H and O–H groups in total. The highest BCUT2D eigenvalue weighted by atomic mass is 32.1. The van der Waals surface area contributed by atoms with Crippen molar-refractivity contribution in [3.05, 3.63) is 52.2 Å². The van der Waals surface area contributed by atoms with Gasteiger partial charge in [0.15, 0.2) is 0 Å². The predicted molar refractivity (Wildman–Crippen MR) is 125 cm³/mol. The lowest BCUT2D eigenvalue weighted by Crippen LogP contribution is -2.56. The summed E-state index contributed by atoms with van der Waals surface area (Å²) in [4.78, 5) is 5.77. The predicted octanol–water partition coefficient (Wildman–Crippen LogP) is 6.49. The van der Waals surface area contributed by atoms with Crippen molar-refractivity contribution >= 4 is 17.0 Å². The highest BCUT2D eigenvalue weighted by Crippen LogP contribution is 2.30. The maximum absolute atomic E-state index is 2.67. The van der Waals surface area contributed by atoms with E-state index in [4.69, 9.17) is 0 Å². The van der Waals surface area contributed by atoms with Gasteiger partial charge in [0, 0.05) is 22.7 Å². The van der Waals surface area contributed by atoms with Crippen LogP contribution in [0.1, 0.15) is 62.6 Å². The SMILES string of the molecule is CCC[N+](CC)(c1ccccc1)C(C)Cc1ccc(CN2CCCCCC2)s1. The number of quaternary nitrogens is 1. The van der Waals surface area contributed by atoms with Gasteiger partial charge in [0.2, 0.25) is 0 Å². The number of para-hydroxylation sites is 1. The van der Waals surface area contributed by atoms with E-state index >= 15 is 0 Å². The Balaban J connectivity index is 1.70. The van der Waals surface area contributed by atoms with Crippen LogP contribution in [-0.2, 0) is 13.0 Å². The summed E-state index contributed by atoms with van der Waals surface area (Å²) in [6.07, 6.45) is 7.97. The first kappa shape index (κ1) is 21.5. The Morgan fingerprint density at radius 2 is 1.61 bits per heavy atom. The van der Waals surface area contributed by atoms with Gasteiger partial charge in [-0.2, -0.15) is 0 Å². The van der Waals surface area contributed by atoms with Crippen LogP contribution in [0, 0.1) is 0 Å². The van der Waals surface area contributed by atoms with Gasteiger partial charge in [0.05, 0.1) is 19.1 Å². The molecule has 1 fully saturated rings. The first-order chi connectivity index (χ1) is 13.7. The molecule has 0 bridgehead atoms. The molecule has 28 heavy (non-hydrogen) atoms. The molecule has 1 saturated heterocycles. The smallest absolute Gasteiger partial charge is 0.133 e. The van der Waals surface area contributed by atoms with E-state index in [2.05, 4.69) is 68.1 Å². The van der Waals surface area contributed by atoms with E-state index in [1.54, 1.807) is 9.75 Å². The van der Waals surface area contributed by atoms with Crippen molar-refractivity contribution in [3.63, 3.8) is 0 Å². The summed E-state index contributed by atoms with van der Waals surface area (Å²) in [5.74, 6) is 0. The Hall–Kier alpha value is -1.16. The van der Waals surface area contributed by atoms with Crippen molar-refractivity contribution in [2.75, 3.05) is 26.2 Å². The largest absolute Gasteiger partial charge is 0.298 e. The van der Waals surface area contributed by atoms with Gasteiger partial charge in [0.1, 0.15) is 5.69 Å². The summed E-state index contributed by atoms with van der Waals surface area (Å²) in [5, 5.41) is 0. The Labute approximate surface area is 176 Å². The maximum atomic E-state index is 2.67. The van der Waals surface area contributed by atoms with Gasteiger partial charge in [-0.15, -0.1) is 11.3 Å². The highest BCUT2D eigenvalue weighted by Gasteiger charge is 2.34. The van der Waals surface area contributed by atoms with Crippen molar-refractivity contribution in [2.45, 2.75) is 71.9 Å². The number of benzene rings is 1. The van der Waals surface area contributed by atoms with Crippen molar-refractivity contribution in [1.29, 1.82) is 0 Å². The van der Waals surface area contributed by atoms with Crippen molar-refractivity contribution in [3.8, 4) is 0 Å². The molecule has 2 heterocycles. The summed E-state index contributed by atoms with van der Waals surface area (Å²) in [5.41, 5.74) is 1.47. The van der Waals surface area contributed by atoms with Crippen LogP contribution in [0.3, 0.4) is 0 Å². The van der Waals surface area contributed by atoms with E-state index in [1.807, 2.05) is 11.3 Å². The third-order valence-electron chi connectivity index (χ3n) is 6.59. The monoisotopic (exact) mass is 399 g/mol. The van der Waals surface area contributed by atoms with E-state index in [-0.39, 0.29) is 0 Å². The molecule has 1 aliphatic rings. The van der Waals surface area contributed by atoms with Crippen LogP contribution >= 0.6 is 11.3 Å². The number of thiophene rings is 1. The van der Waals surface area contributed by atoms with Gasteiger partial charge >= 0.3 is 0 Å². The first-order valence-corrected chi connectivity index (χ1v) is 12.2. The van der Waals surface area contributed by atoms with E-state index in [0.29, 0.717) is 6.04 Å². The Morgan fingerprint density at radius 1 is 0.929 bits per heavy atom. The Kier molecular flexibility index (Phi) is 8.13. The fourth-order valence-corrected chi connectivity index (χ4v) is 6.16. The zero-order valence-electron chi connectivity index (χ0n) is 18.2. The molecule has 0 spiro atoms. The topological polar surface area (TPSA) is 3.24 Å². The molecule has 0 amide bonds. The highest BCUT2D eigenvalue weighted by molar-refractivity contribution is 7.11. The van der Waals surface area contributed by atoms with Gasteiger partial charge in [-0.25, -0.2) is 0 Å². The molecule has 2 nitrogen and oxygen atoms in total. The van der Waals surface area contributed by atoms with E-state index in [0.717, 1.165) is 17.6 Å². The second-order valence-corrected chi connectivity index (χ2v) is 9.77. The number of likely N-dealkylation sites (N-methyl/N-ethyl adjacent to an activating group) is 1. The molecule has 0 radical (unpaired) electrons. The molecule has 1 aromatic heterocycles. The minimum atomic E-state index is 0.594. The zero-order chi connectivity index (χ0) is 19.8. The summed E-state index contributed by atoms with van der Waals surface area (Å²) in [6, 6.07) is 16.6. The molecular weight excluding hydrogens is 360 g/mol. The van der Waals surface area contributed by atoms with E-state index < -0.39 is 0 Å². The van der Waals surface area contributed by atoms with Crippen LogP contribution < -0.4 is 4.48 Å². The normalized spacial score (nSPS) is 19.1. The Morgan fingerprint density at radius 3 is 2.25 bits per heavy atom. The molecule has 1 aromatic carbocycles. The summed E-state index contributed by atoms with van der Waals surface area (Å²) in [6.45, 7) is 13.2. The number of hydrogen-bond acceptors (Lipinski definition) is 2. The maximum Gasteiger partial charge on any atom is 0.133 e. The lowest BCUT2D eigenvalue weighted by Gasteiger charge is -2.42. The van der Waals surface area contributed by atoms with E-state index in [1.165, 1.54) is 63.8 Å². The third-order valence-corrected chi connectivity index (χ3v) is 7.69. The van der Waals surface area contributed by atoms with Crippen LogP contribution in [0.4, 0.5) is 5.69 Å². The molecular formula is C25H39N2S+. The van der Waals surface area contributed by atoms with Gasteiger partial charge in [-0.05, 0) is 70.5 Å². The molecule has 2 atom stereocenters. The molecule has 2 unspecified atom stereocenters. The Bertz CT molecular complexity index is 688. The van der Waals surface area contributed by atoms with E-state index in [9.17, 15) is 0 Å². The zero-order valence-corrected chi connectivity index (χ0v) is 19.0. The van der Waals surface area contributed by atoms with Crippen molar-refractivity contribution in [1.82, 2.24) is 9.38 Å². The molecule has 2 aromatic rings. The minimum absolute atomic E-state index is 0.594. The number of hydrogen-bond donors (Lipinski definition) is 0. The molecule has 154 valence electrons. The van der Waals surface area contributed by atoms with Crippen LogP contribution in [0.2, 0.25) is 0 Å². The first-order valence-electron chi connectivity index (χ1n) is 11.4. The van der Waals surface area contributed by atoms with Gasteiger partial charge in [0.25, 0.3) is 0 Å². The number of rotatable bonds is 9. The average Bonchev–Trinajstić information content (AvgIpc) is 2.99. The number of nitrogens with zero attached hydrogens (tertiary/aromatic N) is 2. The standard InChI is InChI=1S/C25H39N2S/c1-4-19-27(5-2,23-13-9-8-10-14-23)22(3)20-24-15-16-25(28-24)21-26-17-11-6-7-12-18-26/h8-10,13-16,22H,4-7,11-12,17-21H2,1-3H3/q+1. The summed E-state index contributed by atoms with van der Waals surface area (Å²) in [7, 11) is 0. The van der Waals surface area contributed by atoms with Gasteiger partial charge in [-0.3, -0.25) is 9.38 Å². The lowest BCUT2D eigenvalue weighted by molar-refractivity contribution is 0.219. The van der Waals surface area contributed by atoms with Crippen molar-refractivity contribution < 1.29 is 0 Å². The van der Waals surface area contributed by atoms with Crippen molar-refractivity contribution in [2.24, 2.45) is 0 Å². The van der Waals surface area contributed by atoms with Crippen LogP contribution in [0.25, 0.3) is 0 Å². The van der Waals surface area contributed by atoms with Gasteiger partial charge in [-0.1, -0.05) is 38.0 Å². The summed E-state index contributed by atoms with van der Waals surface area (Å²) < 4.78 is 1.09. The molecule has 0 saturated carbocycles. The average molecular weight is 400 g/mol. The molecule has 0 aliphatic carbocycles. The molecule has 3 heteroatoms. The quantitative estimate of drug-likeness (QED) is 0.435. The van der Waals surface area contributed by atoms with Gasteiger partial charge < -0.3 is 0 Å². The summed E-state index contributed by atoms with van der Waals surface area (Å²) >= 11 is 2.05. The lowest BCUT2D eigenvalue weighted by atomic mass is 10.1. The fraction of sp³-hybridized carbons (Fsp3) is 0.600. The molecule has 1 aliphatic heterocycles. The second kappa shape index (κ2) is 10.6.